The molecule has 1 aromatic rings. The highest BCUT2D eigenvalue weighted by Crippen LogP contribution is 2.27. The standard InChI is InChI=1S/C8H10O2S2/c1-2-5-11-7-4-3-6(12-7)8(9)10/h3-4H,2,5H2,1H3,(H,9,10). The molecule has 1 rings (SSSR count). The minimum Gasteiger partial charge on any atom is -0.477 e. The van der Waals surface area contributed by atoms with Crippen LogP contribution in [0.3, 0.4) is 0 Å². The second kappa shape index (κ2) is 4.52. The predicted molar refractivity (Wildman–Crippen MR) is 52.3 cm³/mol. The summed E-state index contributed by atoms with van der Waals surface area (Å²) in [7, 11) is 0. The molecule has 2 nitrogen and oxygen atoms in total. The molecule has 0 bridgehead atoms. The summed E-state index contributed by atoms with van der Waals surface area (Å²) in [5, 5.41) is 8.62. The van der Waals surface area contributed by atoms with Gasteiger partial charge in [-0.05, 0) is 24.3 Å². The Hall–Kier alpha value is -0.480. The SMILES string of the molecule is CCCSc1ccc(C(=O)O)s1. The fraction of sp³-hybridized carbons (Fsp3) is 0.375. The molecule has 0 saturated heterocycles. The number of rotatable bonds is 4. The first-order valence-corrected chi connectivity index (χ1v) is 5.50. The number of carbonyl (C=O) groups is 1. The van der Waals surface area contributed by atoms with Gasteiger partial charge in [-0.3, -0.25) is 0 Å². The zero-order valence-corrected chi connectivity index (χ0v) is 8.37. The van der Waals surface area contributed by atoms with E-state index in [4.69, 9.17) is 5.11 Å². The van der Waals surface area contributed by atoms with Crippen molar-refractivity contribution in [2.24, 2.45) is 0 Å². The van der Waals surface area contributed by atoms with Crippen molar-refractivity contribution in [3.63, 3.8) is 0 Å². The summed E-state index contributed by atoms with van der Waals surface area (Å²) in [6.07, 6.45) is 1.12. The van der Waals surface area contributed by atoms with Crippen molar-refractivity contribution >= 4 is 29.1 Å². The molecule has 1 aromatic heterocycles. The topological polar surface area (TPSA) is 37.3 Å². The number of thiophene rings is 1. The lowest BCUT2D eigenvalue weighted by atomic mass is 10.5. The van der Waals surface area contributed by atoms with Gasteiger partial charge >= 0.3 is 5.97 Å². The minimum absolute atomic E-state index is 0.425. The van der Waals surface area contributed by atoms with E-state index in [9.17, 15) is 4.79 Å². The van der Waals surface area contributed by atoms with Gasteiger partial charge in [-0.15, -0.1) is 23.1 Å². The van der Waals surface area contributed by atoms with Crippen LogP contribution in [0.5, 0.6) is 0 Å². The van der Waals surface area contributed by atoms with Gasteiger partial charge in [0.15, 0.2) is 0 Å². The van der Waals surface area contributed by atoms with Gasteiger partial charge in [0.2, 0.25) is 0 Å². The summed E-state index contributed by atoms with van der Waals surface area (Å²) in [4.78, 5) is 10.9. The van der Waals surface area contributed by atoms with E-state index in [-0.39, 0.29) is 0 Å². The molecular formula is C8H10O2S2. The van der Waals surface area contributed by atoms with Crippen LogP contribution in [0.4, 0.5) is 0 Å². The first kappa shape index (κ1) is 9.61. The number of carboxylic acids is 1. The molecule has 0 spiro atoms. The molecule has 0 atom stereocenters. The lowest BCUT2D eigenvalue weighted by molar-refractivity contribution is 0.0702. The molecule has 0 amide bonds. The van der Waals surface area contributed by atoms with Gasteiger partial charge in [-0.1, -0.05) is 6.92 Å². The van der Waals surface area contributed by atoms with E-state index < -0.39 is 5.97 Å². The largest absolute Gasteiger partial charge is 0.477 e. The summed E-state index contributed by atoms with van der Waals surface area (Å²) in [5.41, 5.74) is 0. The van der Waals surface area contributed by atoms with Crippen LogP contribution in [0.15, 0.2) is 16.3 Å². The Balaban J connectivity index is 2.58. The Morgan fingerprint density at radius 2 is 2.42 bits per heavy atom. The van der Waals surface area contributed by atoms with Crippen molar-refractivity contribution in [2.45, 2.75) is 17.6 Å². The van der Waals surface area contributed by atoms with Crippen molar-refractivity contribution in [1.29, 1.82) is 0 Å². The third-order valence-corrected chi connectivity index (χ3v) is 3.74. The Bertz CT molecular complexity index is 268. The molecule has 12 heavy (non-hydrogen) atoms. The van der Waals surface area contributed by atoms with Crippen LogP contribution >= 0.6 is 23.1 Å². The number of carboxylic acid groups (broad SMARTS) is 1. The van der Waals surface area contributed by atoms with Crippen molar-refractivity contribution in [2.75, 3.05) is 5.75 Å². The Labute approximate surface area is 79.6 Å². The lowest BCUT2D eigenvalue weighted by Crippen LogP contribution is -1.89. The maximum absolute atomic E-state index is 10.5. The molecule has 0 saturated carbocycles. The summed E-state index contributed by atoms with van der Waals surface area (Å²) in [6.45, 7) is 2.11. The third-order valence-electron chi connectivity index (χ3n) is 1.24. The van der Waals surface area contributed by atoms with Crippen molar-refractivity contribution in [1.82, 2.24) is 0 Å². The molecule has 66 valence electrons. The molecule has 0 aliphatic rings. The van der Waals surface area contributed by atoms with Crippen LogP contribution in [0.2, 0.25) is 0 Å². The van der Waals surface area contributed by atoms with Crippen LogP contribution in [0.1, 0.15) is 23.0 Å². The monoisotopic (exact) mass is 202 g/mol. The molecule has 1 N–H and O–H groups in total. The van der Waals surface area contributed by atoms with Gasteiger partial charge in [0.1, 0.15) is 4.88 Å². The van der Waals surface area contributed by atoms with Gasteiger partial charge < -0.3 is 5.11 Å². The molecule has 0 aromatic carbocycles. The van der Waals surface area contributed by atoms with Gasteiger partial charge in [0.25, 0.3) is 0 Å². The summed E-state index contributed by atoms with van der Waals surface area (Å²) < 4.78 is 1.09. The third kappa shape index (κ3) is 2.53. The Kier molecular flexibility index (Phi) is 3.62. The van der Waals surface area contributed by atoms with E-state index in [1.165, 1.54) is 11.3 Å². The predicted octanol–water partition coefficient (Wildman–Crippen LogP) is 2.95. The second-order valence-electron chi connectivity index (χ2n) is 2.27. The van der Waals surface area contributed by atoms with E-state index in [1.807, 2.05) is 6.07 Å². The van der Waals surface area contributed by atoms with Crippen LogP contribution in [0, 0.1) is 0 Å². The van der Waals surface area contributed by atoms with Crippen LogP contribution < -0.4 is 0 Å². The molecule has 0 aliphatic carbocycles. The molecule has 0 fully saturated rings. The van der Waals surface area contributed by atoms with Gasteiger partial charge in [0.05, 0.1) is 4.21 Å². The summed E-state index contributed by atoms with van der Waals surface area (Å²) >= 11 is 3.06. The normalized spacial score (nSPS) is 10.1. The molecule has 0 radical (unpaired) electrons. The van der Waals surface area contributed by atoms with Crippen molar-refractivity contribution < 1.29 is 9.90 Å². The van der Waals surface area contributed by atoms with E-state index in [1.54, 1.807) is 17.8 Å². The zero-order chi connectivity index (χ0) is 8.97. The lowest BCUT2D eigenvalue weighted by Gasteiger charge is -1.91. The number of aromatic carboxylic acids is 1. The van der Waals surface area contributed by atoms with E-state index >= 15 is 0 Å². The first-order chi connectivity index (χ1) is 5.74. The average molecular weight is 202 g/mol. The molecule has 0 unspecified atom stereocenters. The molecular weight excluding hydrogens is 192 g/mol. The second-order valence-corrected chi connectivity index (χ2v) is 4.75. The Morgan fingerprint density at radius 3 is 2.92 bits per heavy atom. The molecule has 1 heterocycles. The number of thioether (sulfide) groups is 1. The zero-order valence-electron chi connectivity index (χ0n) is 6.74. The Morgan fingerprint density at radius 1 is 1.67 bits per heavy atom. The highest BCUT2D eigenvalue weighted by molar-refractivity contribution is 8.01. The molecule has 0 aliphatic heterocycles. The van der Waals surface area contributed by atoms with Gasteiger partial charge in [0, 0.05) is 0 Å². The summed E-state index contributed by atoms with van der Waals surface area (Å²) in [5.74, 6) is 0.225. The molecule has 4 heteroatoms. The van der Waals surface area contributed by atoms with E-state index in [2.05, 4.69) is 6.92 Å². The van der Waals surface area contributed by atoms with Crippen molar-refractivity contribution in [3.8, 4) is 0 Å². The number of hydrogen-bond acceptors (Lipinski definition) is 3. The van der Waals surface area contributed by atoms with Crippen LogP contribution in [-0.4, -0.2) is 16.8 Å². The average Bonchev–Trinajstić information content (AvgIpc) is 2.48. The highest BCUT2D eigenvalue weighted by Gasteiger charge is 2.06. The van der Waals surface area contributed by atoms with Crippen molar-refractivity contribution in [3.05, 3.63) is 17.0 Å². The van der Waals surface area contributed by atoms with Crippen LogP contribution in [-0.2, 0) is 0 Å². The first-order valence-electron chi connectivity index (χ1n) is 3.70. The maximum Gasteiger partial charge on any atom is 0.345 e. The smallest absolute Gasteiger partial charge is 0.345 e. The van der Waals surface area contributed by atoms with Gasteiger partial charge in [-0.2, -0.15) is 0 Å². The number of hydrogen-bond donors (Lipinski definition) is 1. The maximum atomic E-state index is 10.5. The van der Waals surface area contributed by atoms with E-state index in [0.29, 0.717) is 4.88 Å². The van der Waals surface area contributed by atoms with Gasteiger partial charge in [-0.25, -0.2) is 4.79 Å². The quantitative estimate of drug-likeness (QED) is 0.763. The fourth-order valence-electron chi connectivity index (χ4n) is 0.715. The van der Waals surface area contributed by atoms with Crippen LogP contribution in [0.25, 0.3) is 0 Å². The van der Waals surface area contributed by atoms with E-state index in [0.717, 1.165) is 16.4 Å². The summed E-state index contributed by atoms with van der Waals surface area (Å²) in [6, 6.07) is 3.53. The highest BCUT2D eigenvalue weighted by atomic mass is 32.2. The minimum atomic E-state index is -0.830. The fourth-order valence-corrected chi connectivity index (χ4v) is 2.62.